The number of fused-ring (bicyclic) bond motifs is 1. The normalized spacial score (nSPS) is 16.2. The van der Waals surface area contributed by atoms with Gasteiger partial charge < -0.3 is 9.84 Å². The molecule has 0 saturated carbocycles. The minimum absolute atomic E-state index is 0.0438. The Labute approximate surface area is 70.8 Å². The summed E-state index contributed by atoms with van der Waals surface area (Å²) in [6.07, 6.45) is 0.864. The third-order valence-electron chi connectivity index (χ3n) is 2.24. The number of hydrogen-bond donors (Lipinski definition) is 1. The van der Waals surface area contributed by atoms with Crippen LogP contribution in [0.4, 0.5) is 0 Å². The van der Waals surface area contributed by atoms with E-state index >= 15 is 0 Å². The van der Waals surface area contributed by atoms with E-state index in [1.165, 1.54) is 0 Å². The monoisotopic (exact) mass is 168 g/mol. The van der Waals surface area contributed by atoms with Crippen molar-refractivity contribution in [2.24, 2.45) is 7.05 Å². The topological polar surface area (TPSA) is 47.3 Å². The molecule has 1 aliphatic rings. The van der Waals surface area contributed by atoms with E-state index in [0.717, 1.165) is 30.0 Å². The SMILES string of the molecule is Cn1nc2c(c1CO)COCC2. The summed E-state index contributed by atoms with van der Waals surface area (Å²) in [6, 6.07) is 0. The van der Waals surface area contributed by atoms with E-state index < -0.39 is 0 Å². The Bertz CT molecular complexity index is 293. The number of rotatable bonds is 1. The number of ether oxygens (including phenoxy) is 1. The molecule has 0 radical (unpaired) electrons. The van der Waals surface area contributed by atoms with Crippen LogP contribution in [0.5, 0.6) is 0 Å². The molecular formula is C8H12N2O2. The maximum absolute atomic E-state index is 9.05. The Morgan fingerprint density at radius 2 is 2.50 bits per heavy atom. The average Bonchev–Trinajstić information content (AvgIpc) is 2.40. The van der Waals surface area contributed by atoms with Crippen LogP contribution in [0.3, 0.4) is 0 Å². The first-order chi connectivity index (χ1) is 5.83. The van der Waals surface area contributed by atoms with Gasteiger partial charge in [0.2, 0.25) is 0 Å². The molecule has 4 heteroatoms. The van der Waals surface area contributed by atoms with Crippen LogP contribution < -0.4 is 0 Å². The van der Waals surface area contributed by atoms with Crippen molar-refractivity contribution >= 4 is 0 Å². The van der Waals surface area contributed by atoms with Crippen molar-refractivity contribution in [3.63, 3.8) is 0 Å². The van der Waals surface area contributed by atoms with Gasteiger partial charge in [0.05, 0.1) is 31.2 Å². The van der Waals surface area contributed by atoms with E-state index in [9.17, 15) is 0 Å². The minimum atomic E-state index is 0.0438. The van der Waals surface area contributed by atoms with Crippen LogP contribution in [0.15, 0.2) is 0 Å². The molecule has 2 heterocycles. The summed E-state index contributed by atoms with van der Waals surface area (Å²) in [6.45, 7) is 1.39. The summed E-state index contributed by atoms with van der Waals surface area (Å²) in [7, 11) is 1.85. The first-order valence-corrected chi connectivity index (χ1v) is 4.05. The summed E-state index contributed by atoms with van der Waals surface area (Å²) < 4.78 is 7.02. The third kappa shape index (κ3) is 1.04. The van der Waals surface area contributed by atoms with E-state index in [4.69, 9.17) is 9.84 Å². The van der Waals surface area contributed by atoms with Gasteiger partial charge >= 0.3 is 0 Å². The van der Waals surface area contributed by atoms with Gasteiger partial charge in [0.1, 0.15) is 0 Å². The molecule has 0 atom stereocenters. The van der Waals surface area contributed by atoms with E-state index in [1.807, 2.05) is 7.05 Å². The summed E-state index contributed by atoms with van der Waals surface area (Å²) in [5, 5.41) is 13.3. The fourth-order valence-electron chi connectivity index (χ4n) is 1.57. The van der Waals surface area contributed by atoms with Gasteiger partial charge in [-0.2, -0.15) is 5.10 Å². The predicted octanol–water partition coefficient (Wildman–Crippen LogP) is -0.0149. The number of aliphatic hydroxyl groups is 1. The summed E-state index contributed by atoms with van der Waals surface area (Å²) in [4.78, 5) is 0. The van der Waals surface area contributed by atoms with Crippen LogP contribution in [0.25, 0.3) is 0 Å². The van der Waals surface area contributed by atoms with Gasteiger partial charge in [0, 0.05) is 19.0 Å². The van der Waals surface area contributed by atoms with Crippen molar-refractivity contribution in [2.75, 3.05) is 6.61 Å². The Kier molecular flexibility index (Phi) is 1.86. The van der Waals surface area contributed by atoms with Crippen LogP contribution in [-0.4, -0.2) is 21.5 Å². The van der Waals surface area contributed by atoms with Gasteiger partial charge in [-0.3, -0.25) is 4.68 Å². The lowest BCUT2D eigenvalue weighted by atomic mass is 10.1. The van der Waals surface area contributed by atoms with Gasteiger partial charge in [-0.1, -0.05) is 0 Å². The highest BCUT2D eigenvalue weighted by atomic mass is 16.5. The molecule has 66 valence electrons. The Morgan fingerprint density at radius 3 is 3.25 bits per heavy atom. The standard InChI is InChI=1S/C8H12N2O2/c1-10-8(4-11)6-5-12-3-2-7(6)9-10/h11H,2-5H2,1H3. The lowest BCUT2D eigenvalue weighted by Crippen LogP contribution is -2.09. The van der Waals surface area contributed by atoms with Crippen molar-refractivity contribution in [2.45, 2.75) is 19.6 Å². The molecule has 0 aromatic carbocycles. The Morgan fingerprint density at radius 1 is 1.67 bits per heavy atom. The van der Waals surface area contributed by atoms with Crippen molar-refractivity contribution in [3.8, 4) is 0 Å². The van der Waals surface area contributed by atoms with Gasteiger partial charge in [-0.25, -0.2) is 0 Å². The molecular weight excluding hydrogens is 156 g/mol. The second-order valence-corrected chi connectivity index (χ2v) is 2.96. The number of aliphatic hydroxyl groups excluding tert-OH is 1. The zero-order valence-corrected chi connectivity index (χ0v) is 7.08. The lowest BCUT2D eigenvalue weighted by molar-refractivity contribution is 0.108. The quantitative estimate of drug-likeness (QED) is 0.641. The zero-order chi connectivity index (χ0) is 8.55. The van der Waals surface area contributed by atoms with Crippen LogP contribution >= 0.6 is 0 Å². The van der Waals surface area contributed by atoms with Gasteiger partial charge in [0.25, 0.3) is 0 Å². The Hall–Kier alpha value is -0.870. The van der Waals surface area contributed by atoms with Crippen LogP contribution in [-0.2, 0) is 31.4 Å². The first-order valence-electron chi connectivity index (χ1n) is 4.05. The maximum atomic E-state index is 9.05. The van der Waals surface area contributed by atoms with Gasteiger partial charge in [-0.05, 0) is 0 Å². The molecule has 0 unspecified atom stereocenters. The molecule has 0 spiro atoms. The van der Waals surface area contributed by atoms with Crippen molar-refractivity contribution in [3.05, 3.63) is 17.0 Å². The smallest absolute Gasteiger partial charge is 0.0853 e. The molecule has 0 aliphatic carbocycles. The summed E-state index contributed by atoms with van der Waals surface area (Å²) >= 11 is 0. The number of nitrogens with zero attached hydrogens (tertiary/aromatic N) is 2. The van der Waals surface area contributed by atoms with Crippen LogP contribution in [0, 0.1) is 0 Å². The minimum Gasteiger partial charge on any atom is -0.390 e. The molecule has 0 fully saturated rings. The zero-order valence-electron chi connectivity index (χ0n) is 7.08. The van der Waals surface area contributed by atoms with Crippen LogP contribution in [0.2, 0.25) is 0 Å². The van der Waals surface area contributed by atoms with E-state index in [2.05, 4.69) is 5.10 Å². The summed E-state index contributed by atoms with van der Waals surface area (Å²) in [5.74, 6) is 0. The average molecular weight is 168 g/mol. The highest BCUT2D eigenvalue weighted by Crippen LogP contribution is 2.19. The maximum Gasteiger partial charge on any atom is 0.0853 e. The van der Waals surface area contributed by atoms with Gasteiger partial charge in [0.15, 0.2) is 0 Å². The first kappa shape index (κ1) is 7.76. The van der Waals surface area contributed by atoms with Crippen molar-refractivity contribution < 1.29 is 9.84 Å². The second-order valence-electron chi connectivity index (χ2n) is 2.96. The molecule has 4 nitrogen and oxygen atoms in total. The molecule has 0 bridgehead atoms. The molecule has 2 rings (SSSR count). The molecule has 1 aromatic heterocycles. The van der Waals surface area contributed by atoms with Crippen molar-refractivity contribution in [1.82, 2.24) is 9.78 Å². The second kappa shape index (κ2) is 2.88. The number of aryl methyl sites for hydroxylation is 1. The predicted molar refractivity (Wildman–Crippen MR) is 42.5 cm³/mol. The van der Waals surface area contributed by atoms with E-state index in [-0.39, 0.29) is 6.61 Å². The third-order valence-corrected chi connectivity index (χ3v) is 2.24. The number of aromatic nitrogens is 2. The molecule has 0 amide bonds. The largest absolute Gasteiger partial charge is 0.390 e. The van der Waals surface area contributed by atoms with E-state index in [1.54, 1.807) is 4.68 Å². The van der Waals surface area contributed by atoms with E-state index in [0.29, 0.717) is 6.61 Å². The van der Waals surface area contributed by atoms with Crippen molar-refractivity contribution in [1.29, 1.82) is 0 Å². The summed E-state index contributed by atoms with van der Waals surface area (Å²) in [5.41, 5.74) is 3.03. The fraction of sp³-hybridized carbons (Fsp3) is 0.625. The molecule has 1 N–H and O–H groups in total. The molecule has 0 saturated heterocycles. The highest BCUT2D eigenvalue weighted by Gasteiger charge is 2.18. The number of hydrogen-bond acceptors (Lipinski definition) is 3. The lowest BCUT2D eigenvalue weighted by Gasteiger charge is -2.11. The van der Waals surface area contributed by atoms with Gasteiger partial charge in [-0.15, -0.1) is 0 Å². The molecule has 12 heavy (non-hydrogen) atoms. The fourth-order valence-corrected chi connectivity index (χ4v) is 1.57. The Balaban J connectivity index is 2.46. The molecule has 1 aliphatic heterocycles. The van der Waals surface area contributed by atoms with Crippen LogP contribution in [0.1, 0.15) is 17.0 Å². The highest BCUT2D eigenvalue weighted by molar-refractivity contribution is 5.26. The molecule has 1 aromatic rings.